The summed E-state index contributed by atoms with van der Waals surface area (Å²) in [5, 5.41) is 18.6. The first-order valence-electron chi connectivity index (χ1n) is 17.3. The molecule has 0 aromatic carbocycles. The molecule has 0 heterocycles. The summed E-state index contributed by atoms with van der Waals surface area (Å²) < 4.78 is 16.2. The van der Waals surface area contributed by atoms with Gasteiger partial charge in [-0.05, 0) is 44.4 Å². The lowest BCUT2D eigenvalue weighted by Crippen LogP contribution is -2.22. The summed E-state index contributed by atoms with van der Waals surface area (Å²) in [5.41, 5.74) is 0. The standard InChI is InChI=1S/C35H68O6/c1-3-4-5-11-17-24-33(2)25-18-12-9-7-6-8-10-14-23-30-41-35(38)26-19-16-22-29-40-32-34(37)31-39-28-21-15-13-20-27-36/h14,23,33-34,36-37H,3-13,15-22,24-32H2,1-2H3/b23-14-. The van der Waals surface area contributed by atoms with Crippen LogP contribution < -0.4 is 0 Å². The van der Waals surface area contributed by atoms with Crippen molar-refractivity contribution in [3.8, 4) is 0 Å². The Labute approximate surface area is 254 Å². The van der Waals surface area contributed by atoms with E-state index >= 15 is 0 Å². The maximum atomic E-state index is 11.9. The number of carbonyl (C=O) groups excluding carboxylic acids is 1. The zero-order valence-corrected chi connectivity index (χ0v) is 27.1. The smallest absolute Gasteiger partial charge is 0.306 e. The van der Waals surface area contributed by atoms with E-state index in [9.17, 15) is 9.90 Å². The van der Waals surface area contributed by atoms with Gasteiger partial charge in [-0.1, -0.05) is 122 Å². The van der Waals surface area contributed by atoms with Crippen molar-refractivity contribution in [3.63, 3.8) is 0 Å². The van der Waals surface area contributed by atoms with Crippen LogP contribution in [0.5, 0.6) is 0 Å². The number of ether oxygens (including phenoxy) is 3. The summed E-state index contributed by atoms with van der Waals surface area (Å²) in [5.74, 6) is 0.766. The second-order valence-corrected chi connectivity index (χ2v) is 11.9. The Bertz CT molecular complexity index is 553. The lowest BCUT2D eigenvalue weighted by Gasteiger charge is -2.12. The van der Waals surface area contributed by atoms with E-state index in [2.05, 4.69) is 19.9 Å². The molecule has 0 saturated heterocycles. The minimum atomic E-state index is -0.603. The van der Waals surface area contributed by atoms with Crippen molar-refractivity contribution in [3.05, 3.63) is 12.2 Å². The number of unbranched alkanes of at least 4 members (excludes halogenated alkanes) is 15. The summed E-state index contributed by atoms with van der Waals surface area (Å²) in [7, 11) is 0. The van der Waals surface area contributed by atoms with E-state index in [1.807, 2.05) is 6.08 Å². The van der Waals surface area contributed by atoms with Crippen LogP contribution in [0.4, 0.5) is 0 Å². The highest BCUT2D eigenvalue weighted by molar-refractivity contribution is 5.69. The van der Waals surface area contributed by atoms with Crippen LogP contribution in [-0.2, 0) is 19.0 Å². The lowest BCUT2D eigenvalue weighted by atomic mass is 9.96. The number of rotatable bonds is 33. The Hall–Kier alpha value is -0.950. The summed E-state index contributed by atoms with van der Waals surface area (Å²) in [4.78, 5) is 11.9. The van der Waals surface area contributed by atoms with Gasteiger partial charge in [0.05, 0.1) is 13.2 Å². The molecule has 0 aliphatic rings. The Balaban J connectivity index is 3.35. The van der Waals surface area contributed by atoms with Gasteiger partial charge >= 0.3 is 5.97 Å². The number of allylic oxidation sites excluding steroid dienone is 1. The van der Waals surface area contributed by atoms with Gasteiger partial charge in [0, 0.05) is 26.2 Å². The summed E-state index contributed by atoms with van der Waals surface area (Å²) >= 11 is 0. The fourth-order valence-electron chi connectivity index (χ4n) is 4.91. The van der Waals surface area contributed by atoms with Crippen LogP contribution in [0.15, 0.2) is 12.2 Å². The molecule has 0 aromatic heterocycles. The fourth-order valence-corrected chi connectivity index (χ4v) is 4.91. The molecule has 0 saturated carbocycles. The third-order valence-electron chi connectivity index (χ3n) is 7.61. The predicted molar refractivity (Wildman–Crippen MR) is 171 cm³/mol. The molecule has 0 aliphatic heterocycles. The zero-order chi connectivity index (χ0) is 30.1. The molecule has 6 nitrogen and oxygen atoms in total. The van der Waals surface area contributed by atoms with Crippen LogP contribution in [0.3, 0.4) is 0 Å². The van der Waals surface area contributed by atoms with Crippen LogP contribution in [0, 0.1) is 5.92 Å². The Morgan fingerprint density at radius 1 is 0.683 bits per heavy atom. The van der Waals surface area contributed by atoms with Crippen molar-refractivity contribution >= 4 is 5.97 Å². The Morgan fingerprint density at radius 2 is 1.22 bits per heavy atom. The van der Waals surface area contributed by atoms with Crippen LogP contribution in [0.25, 0.3) is 0 Å². The van der Waals surface area contributed by atoms with Gasteiger partial charge in [-0.3, -0.25) is 4.79 Å². The molecule has 0 fully saturated rings. The van der Waals surface area contributed by atoms with Crippen molar-refractivity contribution < 1.29 is 29.2 Å². The van der Waals surface area contributed by atoms with Gasteiger partial charge in [-0.15, -0.1) is 0 Å². The third-order valence-corrected chi connectivity index (χ3v) is 7.61. The summed E-state index contributed by atoms with van der Waals surface area (Å²) in [6, 6.07) is 0. The first-order chi connectivity index (χ1) is 20.1. The van der Waals surface area contributed by atoms with Crippen molar-refractivity contribution in [2.45, 2.75) is 161 Å². The minimum Gasteiger partial charge on any atom is -0.461 e. The van der Waals surface area contributed by atoms with E-state index in [0.717, 1.165) is 57.3 Å². The molecule has 2 atom stereocenters. The highest BCUT2D eigenvalue weighted by atomic mass is 16.5. The molecule has 0 radical (unpaired) electrons. The quantitative estimate of drug-likeness (QED) is 0.0456. The summed E-state index contributed by atoms with van der Waals surface area (Å²) in [6.45, 7) is 7.11. The predicted octanol–water partition coefficient (Wildman–Crippen LogP) is 8.71. The Morgan fingerprint density at radius 3 is 1.85 bits per heavy atom. The van der Waals surface area contributed by atoms with Gasteiger partial charge < -0.3 is 24.4 Å². The molecule has 2 unspecified atom stereocenters. The molecule has 0 amide bonds. The van der Waals surface area contributed by atoms with E-state index in [4.69, 9.17) is 19.3 Å². The van der Waals surface area contributed by atoms with Crippen LogP contribution in [0.2, 0.25) is 0 Å². The summed E-state index contributed by atoms with van der Waals surface area (Å²) in [6.07, 6.45) is 29.2. The highest BCUT2D eigenvalue weighted by Crippen LogP contribution is 2.18. The van der Waals surface area contributed by atoms with Crippen molar-refractivity contribution in [1.29, 1.82) is 0 Å². The third kappa shape index (κ3) is 33.4. The van der Waals surface area contributed by atoms with Crippen molar-refractivity contribution in [2.24, 2.45) is 5.92 Å². The van der Waals surface area contributed by atoms with Crippen molar-refractivity contribution in [1.82, 2.24) is 0 Å². The molecule has 2 N–H and O–H groups in total. The molecular formula is C35H68O6. The largest absolute Gasteiger partial charge is 0.461 e. The second-order valence-electron chi connectivity index (χ2n) is 11.9. The molecule has 0 spiro atoms. The van der Waals surface area contributed by atoms with E-state index in [0.29, 0.717) is 32.8 Å². The van der Waals surface area contributed by atoms with E-state index < -0.39 is 6.10 Å². The molecule has 6 heteroatoms. The zero-order valence-electron chi connectivity index (χ0n) is 27.1. The molecule has 0 aromatic rings. The Kier molecular flexibility index (Phi) is 32.8. The molecule has 0 aliphatic carbocycles. The van der Waals surface area contributed by atoms with Crippen LogP contribution in [-0.4, -0.2) is 61.9 Å². The monoisotopic (exact) mass is 585 g/mol. The second kappa shape index (κ2) is 33.6. The first-order valence-corrected chi connectivity index (χ1v) is 17.3. The maximum Gasteiger partial charge on any atom is 0.306 e. The lowest BCUT2D eigenvalue weighted by molar-refractivity contribution is -0.142. The molecule has 244 valence electrons. The molecule has 0 bridgehead atoms. The number of hydrogen-bond acceptors (Lipinski definition) is 6. The number of esters is 1. The molecule has 0 rings (SSSR count). The highest BCUT2D eigenvalue weighted by Gasteiger charge is 2.05. The van der Waals surface area contributed by atoms with E-state index in [1.54, 1.807) is 0 Å². The SMILES string of the molecule is CCCCCCCC(C)CCCCCCCC/C=C\COC(=O)CCCCCOCC(O)COCCCCCCO. The first kappa shape index (κ1) is 40.1. The molecule has 41 heavy (non-hydrogen) atoms. The normalized spacial score (nSPS) is 13.2. The number of aliphatic hydroxyl groups is 2. The van der Waals surface area contributed by atoms with Gasteiger partial charge in [0.1, 0.15) is 12.7 Å². The maximum absolute atomic E-state index is 11.9. The van der Waals surface area contributed by atoms with Gasteiger partial charge in [-0.2, -0.15) is 0 Å². The van der Waals surface area contributed by atoms with Gasteiger partial charge in [0.2, 0.25) is 0 Å². The van der Waals surface area contributed by atoms with Gasteiger partial charge in [0.25, 0.3) is 0 Å². The average molecular weight is 585 g/mol. The number of hydrogen-bond donors (Lipinski definition) is 2. The minimum absolute atomic E-state index is 0.134. The fraction of sp³-hybridized carbons (Fsp3) is 0.914. The van der Waals surface area contributed by atoms with Gasteiger partial charge in [-0.25, -0.2) is 0 Å². The topological polar surface area (TPSA) is 85.2 Å². The number of aliphatic hydroxyl groups excluding tert-OH is 2. The molecular weight excluding hydrogens is 516 g/mol. The van der Waals surface area contributed by atoms with Crippen molar-refractivity contribution in [2.75, 3.05) is 39.6 Å². The van der Waals surface area contributed by atoms with Crippen LogP contribution in [0.1, 0.15) is 155 Å². The number of carbonyl (C=O) groups is 1. The average Bonchev–Trinajstić information content (AvgIpc) is 2.96. The van der Waals surface area contributed by atoms with Gasteiger partial charge in [0.15, 0.2) is 0 Å². The van der Waals surface area contributed by atoms with E-state index in [1.165, 1.54) is 83.5 Å². The van der Waals surface area contributed by atoms with E-state index in [-0.39, 0.29) is 19.2 Å². The van der Waals surface area contributed by atoms with Crippen LogP contribution >= 0.6 is 0 Å².